The minimum atomic E-state index is -0.941. The lowest BCUT2D eigenvalue weighted by Crippen LogP contribution is -1.97. The zero-order chi connectivity index (χ0) is 16.0. The summed E-state index contributed by atoms with van der Waals surface area (Å²) in [6, 6.07) is 16.8. The van der Waals surface area contributed by atoms with Crippen LogP contribution >= 0.6 is 0 Å². The van der Waals surface area contributed by atoms with Crippen molar-refractivity contribution in [2.75, 3.05) is 0 Å². The number of nitrogens with zero attached hydrogens (tertiary/aromatic N) is 3. The summed E-state index contributed by atoms with van der Waals surface area (Å²) in [4.78, 5) is 11.0. The minimum Gasteiger partial charge on any atom is -0.478 e. The third kappa shape index (κ3) is 2.05. The van der Waals surface area contributed by atoms with Crippen molar-refractivity contribution in [3.8, 4) is 11.4 Å². The van der Waals surface area contributed by atoms with Crippen LogP contribution in [0.5, 0.6) is 0 Å². The number of hydrogen-bond acceptors (Lipinski definition) is 3. The summed E-state index contributed by atoms with van der Waals surface area (Å²) in [6.07, 6.45) is 0. The summed E-state index contributed by atoms with van der Waals surface area (Å²) in [5, 5.41) is 18.7. The topological polar surface area (TPSA) is 67.5 Å². The third-order valence-electron chi connectivity index (χ3n) is 3.99. The molecule has 0 aliphatic rings. The number of para-hydroxylation sites is 1. The zero-order valence-electron chi connectivity index (χ0n) is 12.4. The van der Waals surface area contributed by atoms with Gasteiger partial charge in [0, 0.05) is 10.9 Å². The van der Waals surface area contributed by atoms with Crippen molar-refractivity contribution in [3.63, 3.8) is 0 Å². The summed E-state index contributed by atoms with van der Waals surface area (Å²) in [6.45, 7) is 2.05. The number of hydrogen-bond donors (Lipinski definition) is 1. The van der Waals surface area contributed by atoms with E-state index in [-0.39, 0.29) is 5.56 Å². The second kappa shape index (κ2) is 4.91. The molecule has 0 amide bonds. The predicted molar refractivity (Wildman–Crippen MR) is 87.6 cm³/mol. The number of aromatic nitrogens is 3. The quantitative estimate of drug-likeness (QED) is 0.615. The largest absolute Gasteiger partial charge is 0.478 e. The van der Waals surface area contributed by atoms with Gasteiger partial charge in [-0.2, -0.15) is 0 Å². The van der Waals surface area contributed by atoms with Gasteiger partial charge in [-0.1, -0.05) is 30.3 Å². The zero-order valence-corrected chi connectivity index (χ0v) is 12.4. The number of carboxylic acid groups (broad SMARTS) is 1. The van der Waals surface area contributed by atoms with E-state index in [2.05, 4.69) is 23.2 Å². The highest BCUT2D eigenvalue weighted by molar-refractivity contribution is 5.89. The Bertz CT molecular complexity index is 1050. The summed E-state index contributed by atoms with van der Waals surface area (Å²) in [5.41, 5.74) is 4.04. The second-order valence-electron chi connectivity index (χ2n) is 5.44. The SMILES string of the molecule is Cc1cc2nnc(-c3ccc(C(=O)O)cc3)n2c2ccccc12. The number of rotatable bonds is 2. The number of carbonyl (C=O) groups is 1. The maximum atomic E-state index is 11.0. The van der Waals surface area contributed by atoms with Crippen molar-refractivity contribution in [1.29, 1.82) is 0 Å². The van der Waals surface area contributed by atoms with E-state index >= 15 is 0 Å². The molecule has 0 radical (unpaired) electrons. The predicted octanol–water partition coefficient (Wildman–Crippen LogP) is 3.56. The maximum Gasteiger partial charge on any atom is 0.335 e. The molecule has 2 aromatic carbocycles. The summed E-state index contributed by atoms with van der Waals surface area (Å²) in [7, 11) is 0. The van der Waals surface area contributed by atoms with Crippen LogP contribution in [-0.2, 0) is 0 Å². The van der Waals surface area contributed by atoms with E-state index in [9.17, 15) is 4.79 Å². The van der Waals surface area contributed by atoms with Crippen molar-refractivity contribution in [3.05, 3.63) is 65.7 Å². The molecule has 5 heteroatoms. The Morgan fingerprint density at radius 2 is 1.78 bits per heavy atom. The van der Waals surface area contributed by atoms with Crippen LogP contribution in [0.2, 0.25) is 0 Å². The number of fused-ring (bicyclic) bond motifs is 3. The minimum absolute atomic E-state index is 0.253. The van der Waals surface area contributed by atoms with E-state index in [0.717, 1.165) is 27.7 Å². The molecular formula is C18H13N3O2. The first kappa shape index (κ1) is 13.5. The summed E-state index contributed by atoms with van der Waals surface area (Å²) in [5.74, 6) is -0.239. The van der Waals surface area contributed by atoms with Crippen LogP contribution in [0.25, 0.3) is 27.9 Å². The lowest BCUT2D eigenvalue weighted by molar-refractivity contribution is 0.0697. The molecule has 23 heavy (non-hydrogen) atoms. The number of aryl methyl sites for hydroxylation is 1. The first-order chi connectivity index (χ1) is 11.1. The van der Waals surface area contributed by atoms with Gasteiger partial charge in [-0.05, 0) is 36.8 Å². The van der Waals surface area contributed by atoms with Crippen LogP contribution < -0.4 is 0 Å². The van der Waals surface area contributed by atoms with Gasteiger partial charge in [0.25, 0.3) is 0 Å². The Hall–Kier alpha value is -3.21. The molecule has 2 heterocycles. The molecule has 112 valence electrons. The van der Waals surface area contributed by atoms with Gasteiger partial charge >= 0.3 is 5.97 Å². The van der Waals surface area contributed by atoms with Crippen LogP contribution in [0.15, 0.2) is 54.6 Å². The molecule has 0 atom stereocenters. The van der Waals surface area contributed by atoms with Gasteiger partial charge in [0.05, 0.1) is 11.1 Å². The molecule has 5 nitrogen and oxygen atoms in total. The molecule has 0 spiro atoms. The highest BCUT2D eigenvalue weighted by atomic mass is 16.4. The smallest absolute Gasteiger partial charge is 0.335 e. The van der Waals surface area contributed by atoms with Crippen molar-refractivity contribution in [2.24, 2.45) is 0 Å². The highest BCUT2D eigenvalue weighted by Crippen LogP contribution is 2.26. The van der Waals surface area contributed by atoms with Gasteiger partial charge in [-0.15, -0.1) is 10.2 Å². The molecule has 1 N–H and O–H groups in total. The molecule has 0 bridgehead atoms. The fraction of sp³-hybridized carbons (Fsp3) is 0.0556. The molecule has 2 aromatic heterocycles. The van der Waals surface area contributed by atoms with Crippen molar-refractivity contribution in [2.45, 2.75) is 6.92 Å². The average molecular weight is 303 g/mol. The van der Waals surface area contributed by atoms with Gasteiger partial charge in [0.1, 0.15) is 0 Å². The molecular weight excluding hydrogens is 290 g/mol. The number of pyridine rings is 1. The maximum absolute atomic E-state index is 11.0. The molecule has 0 aliphatic heterocycles. The molecule has 4 aromatic rings. The molecule has 4 rings (SSSR count). The Balaban J connectivity index is 2.01. The van der Waals surface area contributed by atoms with Crippen LogP contribution in [-0.4, -0.2) is 25.7 Å². The molecule has 0 fully saturated rings. The fourth-order valence-electron chi connectivity index (χ4n) is 2.85. The normalized spacial score (nSPS) is 11.2. The monoisotopic (exact) mass is 303 g/mol. The Kier molecular flexibility index (Phi) is 2.87. The lowest BCUT2D eigenvalue weighted by Gasteiger charge is -2.07. The van der Waals surface area contributed by atoms with Crippen LogP contribution in [0.4, 0.5) is 0 Å². The van der Waals surface area contributed by atoms with Crippen molar-refractivity contribution < 1.29 is 9.90 Å². The number of carboxylic acids is 1. The first-order valence-electron chi connectivity index (χ1n) is 7.22. The van der Waals surface area contributed by atoms with Crippen LogP contribution in [0, 0.1) is 6.92 Å². The summed E-state index contributed by atoms with van der Waals surface area (Å²) < 4.78 is 2.00. The first-order valence-corrected chi connectivity index (χ1v) is 7.22. The van der Waals surface area contributed by atoms with Crippen molar-refractivity contribution in [1.82, 2.24) is 14.6 Å². The van der Waals surface area contributed by atoms with E-state index in [1.165, 1.54) is 0 Å². The summed E-state index contributed by atoms with van der Waals surface area (Å²) >= 11 is 0. The van der Waals surface area contributed by atoms with E-state index in [1.54, 1.807) is 24.3 Å². The second-order valence-corrected chi connectivity index (χ2v) is 5.44. The van der Waals surface area contributed by atoms with E-state index < -0.39 is 5.97 Å². The Morgan fingerprint density at radius 3 is 2.52 bits per heavy atom. The Morgan fingerprint density at radius 1 is 1.04 bits per heavy atom. The van der Waals surface area contributed by atoms with Gasteiger partial charge in [-0.3, -0.25) is 4.40 Å². The number of aromatic carboxylic acids is 1. The van der Waals surface area contributed by atoms with E-state index in [0.29, 0.717) is 5.82 Å². The number of benzene rings is 2. The van der Waals surface area contributed by atoms with E-state index in [1.807, 2.05) is 28.7 Å². The Labute approximate surface area is 131 Å². The highest BCUT2D eigenvalue weighted by Gasteiger charge is 2.13. The lowest BCUT2D eigenvalue weighted by atomic mass is 10.1. The average Bonchev–Trinajstić information content (AvgIpc) is 2.99. The van der Waals surface area contributed by atoms with Gasteiger partial charge < -0.3 is 5.11 Å². The van der Waals surface area contributed by atoms with Crippen LogP contribution in [0.3, 0.4) is 0 Å². The third-order valence-corrected chi connectivity index (χ3v) is 3.99. The van der Waals surface area contributed by atoms with Gasteiger partial charge in [0.15, 0.2) is 11.5 Å². The van der Waals surface area contributed by atoms with Crippen LogP contribution in [0.1, 0.15) is 15.9 Å². The van der Waals surface area contributed by atoms with Gasteiger partial charge in [0.2, 0.25) is 0 Å². The van der Waals surface area contributed by atoms with E-state index in [4.69, 9.17) is 5.11 Å². The van der Waals surface area contributed by atoms with Gasteiger partial charge in [-0.25, -0.2) is 4.79 Å². The standard InChI is InChI=1S/C18H13N3O2/c1-11-10-16-19-20-17(12-6-8-13(9-7-12)18(22)23)21(16)15-5-3-2-4-14(11)15/h2-10H,1H3,(H,22,23). The van der Waals surface area contributed by atoms with Crippen molar-refractivity contribution >= 4 is 22.5 Å². The molecule has 0 saturated heterocycles. The molecule has 0 unspecified atom stereocenters. The molecule has 0 aliphatic carbocycles. The molecule has 0 saturated carbocycles. The fourth-order valence-corrected chi connectivity index (χ4v) is 2.85.